The van der Waals surface area contributed by atoms with E-state index in [9.17, 15) is 4.79 Å². The van der Waals surface area contributed by atoms with Gasteiger partial charge in [-0.15, -0.1) is 0 Å². The standard InChI is InChI=1S/C12H14ClN3O/c1-8(6-14)7-16(2)12(17)10-4-3-9(15)5-11(10)13/h3-5,8H,7,15H2,1-2H3. The Labute approximate surface area is 106 Å². The third-order valence-corrected chi connectivity index (χ3v) is 2.65. The molecule has 90 valence electrons. The first kappa shape index (κ1) is 13.3. The summed E-state index contributed by atoms with van der Waals surface area (Å²) in [4.78, 5) is 13.5. The van der Waals surface area contributed by atoms with E-state index in [1.165, 1.54) is 11.0 Å². The van der Waals surface area contributed by atoms with E-state index in [-0.39, 0.29) is 11.8 Å². The molecule has 5 heteroatoms. The van der Waals surface area contributed by atoms with Crippen molar-refractivity contribution in [3.8, 4) is 6.07 Å². The van der Waals surface area contributed by atoms with Crippen molar-refractivity contribution in [1.29, 1.82) is 5.26 Å². The molecule has 0 saturated heterocycles. The predicted octanol–water partition coefficient (Wildman–Crippen LogP) is 2.15. The second-order valence-electron chi connectivity index (χ2n) is 3.96. The van der Waals surface area contributed by atoms with E-state index in [1.54, 1.807) is 26.1 Å². The van der Waals surface area contributed by atoms with E-state index in [0.717, 1.165) is 0 Å². The lowest BCUT2D eigenvalue weighted by Crippen LogP contribution is -2.30. The minimum atomic E-state index is -0.212. The van der Waals surface area contributed by atoms with Crippen molar-refractivity contribution in [2.75, 3.05) is 19.3 Å². The Morgan fingerprint density at radius 1 is 1.65 bits per heavy atom. The fourth-order valence-electron chi connectivity index (χ4n) is 1.44. The largest absolute Gasteiger partial charge is 0.399 e. The Kier molecular flexibility index (Phi) is 4.36. The Bertz CT molecular complexity index is 467. The van der Waals surface area contributed by atoms with Crippen molar-refractivity contribution in [2.45, 2.75) is 6.92 Å². The third-order valence-electron chi connectivity index (χ3n) is 2.34. The molecule has 0 spiro atoms. The first-order chi connectivity index (χ1) is 7.95. The minimum Gasteiger partial charge on any atom is -0.399 e. The molecule has 1 amide bonds. The van der Waals surface area contributed by atoms with Crippen LogP contribution in [0.2, 0.25) is 5.02 Å². The quantitative estimate of drug-likeness (QED) is 0.837. The number of hydrogen-bond acceptors (Lipinski definition) is 3. The Hall–Kier alpha value is -1.73. The van der Waals surface area contributed by atoms with E-state index in [2.05, 4.69) is 6.07 Å². The molecule has 1 unspecified atom stereocenters. The number of carbonyl (C=O) groups is 1. The van der Waals surface area contributed by atoms with Crippen LogP contribution in [0.3, 0.4) is 0 Å². The lowest BCUT2D eigenvalue weighted by molar-refractivity contribution is 0.0785. The number of rotatable bonds is 3. The van der Waals surface area contributed by atoms with Gasteiger partial charge in [0.05, 0.1) is 22.6 Å². The average molecular weight is 252 g/mol. The van der Waals surface area contributed by atoms with Crippen LogP contribution >= 0.6 is 11.6 Å². The van der Waals surface area contributed by atoms with Gasteiger partial charge in [-0.2, -0.15) is 5.26 Å². The zero-order valence-corrected chi connectivity index (χ0v) is 10.5. The molecule has 0 aromatic heterocycles. The first-order valence-corrected chi connectivity index (χ1v) is 5.53. The number of nitriles is 1. The molecule has 1 aromatic carbocycles. The summed E-state index contributed by atoms with van der Waals surface area (Å²) in [7, 11) is 1.64. The molecule has 0 saturated carbocycles. The maximum Gasteiger partial charge on any atom is 0.255 e. The van der Waals surface area contributed by atoms with Crippen molar-refractivity contribution in [2.24, 2.45) is 5.92 Å². The Balaban J connectivity index is 2.86. The zero-order valence-electron chi connectivity index (χ0n) is 9.77. The van der Waals surface area contributed by atoms with Gasteiger partial charge in [-0.25, -0.2) is 0 Å². The zero-order chi connectivity index (χ0) is 13.0. The molecule has 0 aliphatic heterocycles. The summed E-state index contributed by atoms with van der Waals surface area (Å²) in [6, 6.07) is 6.83. The van der Waals surface area contributed by atoms with Crippen molar-refractivity contribution in [1.82, 2.24) is 4.90 Å². The van der Waals surface area contributed by atoms with Gasteiger partial charge < -0.3 is 10.6 Å². The maximum atomic E-state index is 12.0. The van der Waals surface area contributed by atoms with Gasteiger partial charge in [-0.3, -0.25) is 4.79 Å². The highest BCUT2D eigenvalue weighted by Gasteiger charge is 2.16. The second-order valence-corrected chi connectivity index (χ2v) is 4.36. The molecule has 2 N–H and O–H groups in total. The van der Waals surface area contributed by atoms with Crippen LogP contribution in [-0.2, 0) is 0 Å². The summed E-state index contributed by atoms with van der Waals surface area (Å²) in [6.07, 6.45) is 0. The van der Waals surface area contributed by atoms with Crippen LogP contribution < -0.4 is 5.73 Å². The third kappa shape index (κ3) is 3.36. The van der Waals surface area contributed by atoms with Gasteiger partial charge in [0, 0.05) is 19.3 Å². The summed E-state index contributed by atoms with van der Waals surface area (Å²) in [5, 5.41) is 9.02. The molecule has 0 heterocycles. The molecule has 0 fully saturated rings. The highest BCUT2D eigenvalue weighted by Crippen LogP contribution is 2.20. The van der Waals surface area contributed by atoms with Gasteiger partial charge in [0.25, 0.3) is 5.91 Å². The average Bonchev–Trinajstić information content (AvgIpc) is 2.28. The number of carbonyl (C=O) groups excluding carboxylic acids is 1. The number of nitrogens with two attached hydrogens (primary N) is 1. The van der Waals surface area contributed by atoms with Crippen molar-refractivity contribution >= 4 is 23.2 Å². The summed E-state index contributed by atoms with van der Waals surface area (Å²) >= 11 is 5.95. The van der Waals surface area contributed by atoms with Crippen LogP contribution in [0.1, 0.15) is 17.3 Å². The molecule has 1 atom stereocenters. The molecule has 1 aromatic rings. The molecule has 0 aliphatic carbocycles. The highest BCUT2D eigenvalue weighted by molar-refractivity contribution is 6.34. The van der Waals surface area contributed by atoms with E-state index in [1.807, 2.05) is 0 Å². The van der Waals surface area contributed by atoms with Crippen molar-refractivity contribution < 1.29 is 4.79 Å². The van der Waals surface area contributed by atoms with Gasteiger partial charge in [0.15, 0.2) is 0 Å². The van der Waals surface area contributed by atoms with Crippen LogP contribution in [-0.4, -0.2) is 24.4 Å². The van der Waals surface area contributed by atoms with E-state index < -0.39 is 0 Å². The van der Waals surface area contributed by atoms with Crippen LogP contribution in [0.15, 0.2) is 18.2 Å². The van der Waals surface area contributed by atoms with Crippen LogP contribution in [0, 0.1) is 17.2 Å². The maximum absolute atomic E-state index is 12.0. The van der Waals surface area contributed by atoms with Gasteiger partial charge in [-0.1, -0.05) is 11.6 Å². The number of nitrogen functional groups attached to an aromatic ring is 1. The number of anilines is 1. The minimum absolute atomic E-state index is 0.211. The van der Waals surface area contributed by atoms with E-state index in [4.69, 9.17) is 22.6 Å². The number of nitrogens with zero attached hydrogens (tertiary/aromatic N) is 2. The fourth-order valence-corrected chi connectivity index (χ4v) is 1.71. The van der Waals surface area contributed by atoms with Gasteiger partial charge in [0.2, 0.25) is 0 Å². The Morgan fingerprint density at radius 3 is 2.82 bits per heavy atom. The monoisotopic (exact) mass is 251 g/mol. The van der Waals surface area contributed by atoms with Crippen molar-refractivity contribution in [3.63, 3.8) is 0 Å². The van der Waals surface area contributed by atoms with Gasteiger partial charge in [-0.05, 0) is 25.1 Å². The van der Waals surface area contributed by atoms with E-state index >= 15 is 0 Å². The van der Waals surface area contributed by atoms with Crippen molar-refractivity contribution in [3.05, 3.63) is 28.8 Å². The number of amides is 1. The first-order valence-electron chi connectivity index (χ1n) is 5.15. The highest BCUT2D eigenvalue weighted by atomic mass is 35.5. The second kappa shape index (κ2) is 5.55. The molecule has 0 bridgehead atoms. The van der Waals surface area contributed by atoms with Crippen LogP contribution in [0.4, 0.5) is 5.69 Å². The van der Waals surface area contributed by atoms with Gasteiger partial charge >= 0.3 is 0 Å². The number of halogens is 1. The summed E-state index contributed by atoms with van der Waals surface area (Å²) < 4.78 is 0. The smallest absolute Gasteiger partial charge is 0.255 e. The SMILES string of the molecule is CC(C#N)CN(C)C(=O)c1ccc(N)cc1Cl. The molecular weight excluding hydrogens is 238 g/mol. The number of hydrogen-bond donors (Lipinski definition) is 1. The molecule has 1 rings (SSSR count). The number of benzene rings is 1. The fraction of sp³-hybridized carbons (Fsp3) is 0.333. The summed E-state index contributed by atoms with van der Waals surface area (Å²) in [6.45, 7) is 2.13. The lowest BCUT2D eigenvalue weighted by atomic mass is 10.1. The van der Waals surface area contributed by atoms with Crippen LogP contribution in [0.25, 0.3) is 0 Å². The lowest BCUT2D eigenvalue weighted by Gasteiger charge is -2.19. The Morgan fingerprint density at radius 2 is 2.29 bits per heavy atom. The topological polar surface area (TPSA) is 70.1 Å². The van der Waals surface area contributed by atoms with Crippen LogP contribution in [0.5, 0.6) is 0 Å². The molecule has 0 aliphatic rings. The molecular formula is C12H14ClN3O. The van der Waals surface area contributed by atoms with E-state index in [0.29, 0.717) is 22.8 Å². The molecule has 4 nitrogen and oxygen atoms in total. The normalized spacial score (nSPS) is 11.6. The predicted molar refractivity (Wildman–Crippen MR) is 67.6 cm³/mol. The molecule has 17 heavy (non-hydrogen) atoms. The van der Waals surface area contributed by atoms with Gasteiger partial charge in [0.1, 0.15) is 0 Å². The summed E-state index contributed by atoms with van der Waals surface area (Å²) in [5.74, 6) is -0.423. The molecule has 0 radical (unpaired) electrons. The summed E-state index contributed by atoms with van der Waals surface area (Å²) in [5.41, 5.74) is 6.46.